The normalized spacial score (nSPS) is 17.2. The SMILES string of the molecule is CC(=O)NCCOc1cccc2c1B(O)OC2CN. The van der Waals surface area contributed by atoms with Gasteiger partial charge in [-0.1, -0.05) is 12.1 Å². The van der Waals surface area contributed by atoms with E-state index in [9.17, 15) is 9.82 Å². The van der Waals surface area contributed by atoms with E-state index in [1.165, 1.54) is 6.92 Å². The number of hydrogen-bond donors (Lipinski definition) is 3. The number of nitrogens with two attached hydrogens (primary N) is 1. The number of amides is 1. The number of hydrogen-bond acceptors (Lipinski definition) is 5. The molecule has 1 unspecified atom stereocenters. The maximum absolute atomic E-state index is 10.7. The minimum Gasteiger partial charge on any atom is -0.492 e. The van der Waals surface area contributed by atoms with E-state index in [-0.39, 0.29) is 12.0 Å². The molecule has 7 heteroatoms. The Hall–Kier alpha value is -1.57. The Kier molecular flexibility index (Phi) is 4.41. The number of ether oxygens (including phenoxy) is 1. The van der Waals surface area contributed by atoms with E-state index in [4.69, 9.17) is 15.1 Å². The van der Waals surface area contributed by atoms with Gasteiger partial charge in [-0.2, -0.15) is 0 Å². The maximum atomic E-state index is 10.7. The van der Waals surface area contributed by atoms with Crippen molar-refractivity contribution in [3.05, 3.63) is 23.8 Å². The van der Waals surface area contributed by atoms with Gasteiger partial charge in [0.05, 0.1) is 12.6 Å². The molecular weight excluding hydrogens is 247 g/mol. The summed E-state index contributed by atoms with van der Waals surface area (Å²) in [6, 6.07) is 5.46. The Morgan fingerprint density at radius 1 is 1.63 bits per heavy atom. The quantitative estimate of drug-likeness (QED) is 0.464. The van der Waals surface area contributed by atoms with E-state index < -0.39 is 7.12 Å². The Bertz CT molecular complexity index is 469. The number of carbonyl (C=O) groups excluding carboxylic acids is 1. The van der Waals surface area contributed by atoms with Crippen molar-refractivity contribution in [3.8, 4) is 5.75 Å². The van der Waals surface area contributed by atoms with Crippen LogP contribution < -0.4 is 21.3 Å². The molecule has 0 aromatic heterocycles. The van der Waals surface area contributed by atoms with Crippen LogP contribution in [0.15, 0.2) is 18.2 Å². The summed E-state index contributed by atoms with van der Waals surface area (Å²) in [6.07, 6.45) is -0.302. The summed E-state index contributed by atoms with van der Waals surface area (Å²) in [5.41, 5.74) is 7.07. The first-order chi connectivity index (χ1) is 9.13. The highest BCUT2D eigenvalue weighted by Crippen LogP contribution is 2.26. The van der Waals surface area contributed by atoms with Crippen molar-refractivity contribution < 1.29 is 19.2 Å². The third-order valence-electron chi connectivity index (χ3n) is 2.93. The van der Waals surface area contributed by atoms with Gasteiger partial charge < -0.3 is 25.5 Å². The van der Waals surface area contributed by atoms with Gasteiger partial charge in [-0.3, -0.25) is 4.79 Å². The van der Waals surface area contributed by atoms with Crippen LogP contribution in [0.2, 0.25) is 0 Å². The fourth-order valence-corrected chi connectivity index (χ4v) is 2.10. The van der Waals surface area contributed by atoms with Crippen LogP contribution in [0.5, 0.6) is 5.75 Å². The number of rotatable bonds is 5. The Balaban J connectivity index is 2.06. The molecule has 6 nitrogen and oxygen atoms in total. The molecule has 1 heterocycles. The van der Waals surface area contributed by atoms with Gasteiger partial charge in [0.1, 0.15) is 12.4 Å². The molecule has 2 rings (SSSR count). The number of carbonyl (C=O) groups is 1. The van der Waals surface area contributed by atoms with Gasteiger partial charge in [0.15, 0.2) is 0 Å². The molecule has 0 bridgehead atoms. The van der Waals surface area contributed by atoms with Crippen LogP contribution in [0, 0.1) is 0 Å². The molecule has 0 radical (unpaired) electrons. The zero-order valence-electron chi connectivity index (χ0n) is 10.8. The highest BCUT2D eigenvalue weighted by molar-refractivity contribution is 6.62. The summed E-state index contributed by atoms with van der Waals surface area (Å²) in [6.45, 7) is 2.50. The molecule has 1 aliphatic heterocycles. The molecule has 102 valence electrons. The summed E-state index contributed by atoms with van der Waals surface area (Å²) >= 11 is 0. The standard InChI is InChI=1S/C12H17BN2O4/c1-8(16)15-5-6-18-10-4-2-3-9-11(7-14)19-13(17)12(9)10/h2-4,11,17H,5-7,14H2,1H3,(H,15,16). The zero-order valence-corrected chi connectivity index (χ0v) is 10.8. The van der Waals surface area contributed by atoms with E-state index in [0.29, 0.717) is 30.9 Å². The van der Waals surface area contributed by atoms with Crippen molar-refractivity contribution in [2.75, 3.05) is 19.7 Å². The van der Waals surface area contributed by atoms with Gasteiger partial charge in [-0.25, -0.2) is 0 Å². The molecule has 0 spiro atoms. The Morgan fingerprint density at radius 2 is 2.42 bits per heavy atom. The van der Waals surface area contributed by atoms with E-state index >= 15 is 0 Å². The first-order valence-electron chi connectivity index (χ1n) is 6.17. The summed E-state index contributed by atoms with van der Waals surface area (Å²) in [5.74, 6) is 0.458. The van der Waals surface area contributed by atoms with Crippen LogP contribution in [-0.2, 0) is 9.45 Å². The molecule has 19 heavy (non-hydrogen) atoms. The first kappa shape index (κ1) is 13.9. The first-order valence-corrected chi connectivity index (χ1v) is 6.17. The van der Waals surface area contributed by atoms with Gasteiger partial charge in [0, 0.05) is 18.9 Å². The van der Waals surface area contributed by atoms with E-state index in [1.807, 2.05) is 12.1 Å². The zero-order chi connectivity index (χ0) is 13.8. The van der Waals surface area contributed by atoms with E-state index in [1.54, 1.807) is 6.07 Å². The third kappa shape index (κ3) is 3.06. The van der Waals surface area contributed by atoms with Gasteiger partial charge >= 0.3 is 7.12 Å². The van der Waals surface area contributed by atoms with Crippen LogP contribution in [0.3, 0.4) is 0 Å². The maximum Gasteiger partial charge on any atom is 0.495 e. The molecule has 0 saturated carbocycles. The lowest BCUT2D eigenvalue weighted by atomic mass is 9.78. The van der Waals surface area contributed by atoms with Crippen molar-refractivity contribution in [2.45, 2.75) is 13.0 Å². The lowest BCUT2D eigenvalue weighted by molar-refractivity contribution is -0.119. The van der Waals surface area contributed by atoms with E-state index in [2.05, 4.69) is 5.32 Å². The average molecular weight is 264 g/mol. The van der Waals surface area contributed by atoms with Crippen molar-refractivity contribution in [1.29, 1.82) is 0 Å². The Morgan fingerprint density at radius 3 is 3.11 bits per heavy atom. The number of benzene rings is 1. The minimum atomic E-state index is -1.01. The van der Waals surface area contributed by atoms with Crippen LogP contribution >= 0.6 is 0 Å². The molecule has 1 atom stereocenters. The van der Waals surface area contributed by atoms with Crippen LogP contribution in [0.25, 0.3) is 0 Å². The second-order valence-electron chi connectivity index (χ2n) is 4.30. The van der Waals surface area contributed by atoms with Gasteiger partial charge in [-0.05, 0) is 11.6 Å². The second kappa shape index (κ2) is 6.05. The third-order valence-corrected chi connectivity index (χ3v) is 2.93. The summed E-state index contributed by atoms with van der Waals surface area (Å²) in [4.78, 5) is 10.7. The molecule has 0 fully saturated rings. The topological polar surface area (TPSA) is 93.8 Å². The molecule has 4 N–H and O–H groups in total. The number of fused-ring (bicyclic) bond motifs is 1. The fourth-order valence-electron chi connectivity index (χ4n) is 2.10. The van der Waals surface area contributed by atoms with Gasteiger partial charge in [0.2, 0.25) is 5.91 Å². The molecule has 0 aliphatic carbocycles. The van der Waals surface area contributed by atoms with Crippen molar-refractivity contribution in [1.82, 2.24) is 5.32 Å². The van der Waals surface area contributed by atoms with Crippen molar-refractivity contribution in [2.24, 2.45) is 5.73 Å². The second-order valence-corrected chi connectivity index (χ2v) is 4.30. The predicted octanol–water partition coefficient (Wildman–Crippen LogP) is -1.08. The molecule has 1 aromatic rings. The molecular formula is C12H17BN2O4. The van der Waals surface area contributed by atoms with Gasteiger partial charge in [-0.15, -0.1) is 0 Å². The van der Waals surface area contributed by atoms with Crippen molar-refractivity contribution in [3.63, 3.8) is 0 Å². The molecule has 1 aromatic carbocycles. The van der Waals surface area contributed by atoms with Crippen LogP contribution in [0.1, 0.15) is 18.6 Å². The van der Waals surface area contributed by atoms with Crippen LogP contribution in [-0.4, -0.2) is 37.7 Å². The van der Waals surface area contributed by atoms with Crippen molar-refractivity contribution >= 4 is 18.5 Å². The van der Waals surface area contributed by atoms with Crippen LogP contribution in [0.4, 0.5) is 0 Å². The van der Waals surface area contributed by atoms with Gasteiger partial charge in [0.25, 0.3) is 0 Å². The largest absolute Gasteiger partial charge is 0.495 e. The molecule has 0 saturated heterocycles. The Labute approximate surface area is 112 Å². The molecule has 1 amide bonds. The summed E-state index contributed by atoms with van der Waals surface area (Å²) < 4.78 is 10.9. The van der Waals surface area contributed by atoms with E-state index in [0.717, 1.165) is 5.56 Å². The highest BCUT2D eigenvalue weighted by atomic mass is 16.5. The summed E-state index contributed by atoms with van der Waals surface area (Å²) in [5, 5.41) is 12.5. The lowest BCUT2D eigenvalue weighted by Gasteiger charge is -2.11. The predicted molar refractivity (Wildman–Crippen MR) is 71.1 cm³/mol. The number of nitrogens with one attached hydrogen (secondary N) is 1. The average Bonchev–Trinajstić information content (AvgIpc) is 2.72. The smallest absolute Gasteiger partial charge is 0.492 e. The summed E-state index contributed by atoms with van der Waals surface area (Å²) in [7, 11) is -1.01. The monoisotopic (exact) mass is 264 g/mol. The fraction of sp³-hybridized carbons (Fsp3) is 0.417. The minimum absolute atomic E-state index is 0.103. The molecule has 1 aliphatic rings. The lowest BCUT2D eigenvalue weighted by Crippen LogP contribution is -2.31. The highest BCUT2D eigenvalue weighted by Gasteiger charge is 2.37.